The van der Waals surface area contributed by atoms with Crippen molar-refractivity contribution in [2.45, 2.75) is 32.1 Å². The highest BCUT2D eigenvalue weighted by atomic mass is 32.2. The van der Waals surface area contributed by atoms with Crippen LogP contribution in [0.1, 0.15) is 32.8 Å². The molecule has 0 aliphatic carbocycles. The summed E-state index contributed by atoms with van der Waals surface area (Å²) in [6, 6.07) is 6.11. The summed E-state index contributed by atoms with van der Waals surface area (Å²) in [7, 11) is 0. The van der Waals surface area contributed by atoms with E-state index in [-0.39, 0.29) is 0 Å². The second-order valence-corrected chi connectivity index (χ2v) is 6.94. The molecule has 1 aromatic carbocycles. The standard InChI is InChI=1S/C16H26N2OS2/c1-4-21-14-7-5-6-13(15(14)16(17)20)18-9-11-19-10-8-12(2)3/h5-7,12,18H,4,8-11H2,1-3H3,(H2,17,20). The number of nitrogens with one attached hydrogen (secondary N) is 1. The lowest BCUT2D eigenvalue weighted by Crippen LogP contribution is -2.17. The number of nitrogens with two attached hydrogens (primary N) is 1. The molecule has 0 bridgehead atoms. The average molecular weight is 327 g/mol. The zero-order chi connectivity index (χ0) is 15.7. The molecule has 21 heavy (non-hydrogen) atoms. The highest BCUT2D eigenvalue weighted by Crippen LogP contribution is 2.28. The maximum Gasteiger partial charge on any atom is 0.107 e. The number of benzene rings is 1. The van der Waals surface area contributed by atoms with Gasteiger partial charge in [-0.2, -0.15) is 0 Å². The molecular weight excluding hydrogens is 300 g/mol. The molecule has 0 amide bonds. The Morgan fingerprint density at radius 2 is 2.14 bits per heavy atom. The summed E-state index contributed by atoms with van der Waals surface area (Å²) < 4.78 is 5.61. The normalized spacial score (nSPS) is 10.9. The van der Waals surface area contributed by atoms with Crippen LogP contribution in [0, 0.1) is 5.92 Å². The Morgan fingerprint density at radius 1 is 1.38 bits per heavy atom. The van der Waals surface area contributed by atoms with Crippen LogP contribution in [0.15, 0.2) is 23.1 Å². The third-order valence-corrected chi connectivity index (χ3v) is 4.12. The maximum absolute atomic E-state index is 5.88. The minimum absolute atomic E-state index is 0.440. The van der Waals surface area contributed by atoms with Crippen molar-refractivity contribution >= 4 is 34.7 Å². The SMILES string of the molecule is CCSc1cccc(NCCOCCC(C)C)c1C(N)=S. The summed E-state index contributed by atoms with van der Waals surface area (Å²) in [5.74, 6) is 1.68. The molecule has 3 nitrogen and oxygen atoms in total. The lowest BCUT2D eigenvalue weighted by molar-refractivity contribution is 0.132. The molecule has 0 atom stereocenters. The van der Waals surface area contributed by atoms with Gasteiger partial charge in [0.15, 0.2) is 0 Å². The fraction of sp³-hybridized carbons (Fsp3) is 0.562. The summed E-state index contributed by atoms with van der Waals surface area (Å²) in [5.41, 5.74) is 7.82. The number of thioether (sulfide) groups is 1. The van der Waals surface area contributed by atoms with Crippen LogP contribution in [-0.2, 0) is 4.74 Å². The van der Waals surface area contributed by atoms with Crippen molar-refractivity contribution < 1.29 is 4.74 Å². The molecule has 1 aromatic rings. The Hall–Kier alpha value is -0.780. The van der Waals surface area contributed by atoms with Crippen LogP contribution in [0.25, 0.3) is 0 Å². The van der Waals surface area contributed by atoms with Gasteiger partial charge in [-0.25, -0.2) is 0 Å². The van der Waals surface area contributed by atoms with Gasteiger partial charge < -0.3 is 15.8 Å². The molecule has 0 saturated heterocycles. The van der Waals surface area contributed by atoms with Crippen molar-refractivity contribution in [3.63, 3.8) is 0 Å². The average Bonchev–Trinajstić information content (AvgIpc) is 2.42. The first-order chi connectivity index (χ1) is 10.1. The lowest BCUT2D eigenvalue weighted by Gasteiger charge is -2.15. The Kier molecular flexibility index (Phi) is 8.73. The summed E-state index contributed by atoms with van der Waals surface area (Å²) in [5, 5.41) is 3.38. The van der Waals surface area contributed by atoms with Gasteiger partial charge in [0.05, 0.1) is 6.61 Å². The Morgan fingerprint density at radius 3 is 2.76 bits per heavy atom. The minimum Gasteiger partial charge on any atom is -0.389 e. The summed E-state index contributed by atoms with van der Waals surface area (Å²) in [6.07, 6.45) is 1.10. The van der Waals surface area contributed by atoms with E-state index >= 15 is 0 Å². The molecule has 5 heteroatoms. The van der Waals surface area contributed by atoms with Crippen molar-refractivity contribution in [1.82, 2.24) is 0 Å². The van der Waals surface area contributed by atoms with Gasteiger partial charge in [0, 0.05) is 29.3 Å². The lowest BCUT2D eigenvalue weighted by atomic mass is 10.1. The summed E-state index contributed by atoms with van der Waals surface area (Å²) >= 11 is 6.95. The molecule has 0 radical (unpaired) electrons. The molecular formula is C16H26N2OS2. The predicted molar refractivity (Wildman–Crippen MR) is 97.5 cm³/mol. The predicted octanol–water partition coefficient (Wildman–Crippen LogP) is 3.91. The number of ether oxygens (including phenoxy) is 1. The van der Waals surface area contributed by atoms with Gasteiger partial charge in [-0.3, -0.25) is 0 Å². The van der Waals surface area contributed by atoms with E-state index in [0.717, 1.165) is 41.5 Å². The van der Waals surface area contributed by atoms with E-state index in [4.69, 9.17) is 22.7 Å². The largest absolute Gasteiger partial charge is 0.389 e. The van der Waals surface area contributed by atoms with Crippen LogP contribution >= 0.6 is 24.0 Å². The molecule has 0 fully saturated rings. The molecule has 3 N–H and O–H groups in total. The van der Waals surface area contributed by atoms with Crippen LogP contribution in [0.3, 0.4) is 0 Å². The Bertz CT molecular complexity index is 450. The minimum atomic E-state index is 0.440. The number of anilines is 1. The van der Waals surface area contributed by atoms with Crippen molar-refractivity contribution in [2.24, 2.45) is 11.7 Å². The van der Waals surface area contributed by atoms with Crippen LogP contribution < -0.4 is 11.1 Å². The van der Waals surface area contributed by atoms with E-state index in [1.54, 1.807) is 11.8 Å². The molecule has 0 aliphatic rings. The highest BCUT2D eigenvalue weighted by Gasteiger charge is 2.10. The van der Waals surface area contributed by atoms with Gasteiger partial charge in [-0.1, -0.05) is 39.1 Å². The quantitative estimate of drug-likeness (QED) is 0.388. The van der Waals surface area contributed by atoms with Crippen LogP contribution in [-0.4, -0.2) is 30.5 Å². The van der Waals surface area contributed by atoms with Gasteiger partial charge in [0.25, 0.3) is 0 Å². The molecule has 0 saturated carbocycles. The fourth-order valence-electron chi connectivity index (χ4n) is 1.89. The third-order valence-electron chi connectivity index (χ3n) is 2.97. The topological polar surface area (TPSA) is 47.3 Å². The number of rotatable bonds is 10. The first-order valence-corrected chi connectivity index (χ1v) is 8.82. The first kappa shape index (κ1) is 18.3. The monoisotopic (exact) mass is 326 g/mol. The number of hydrogen-bond acceptors (Lipinski definition) is 4. The molecule has 0 heterocycles. The number of thiocarbonyl (C=S) groups is 1. The first-order valence-electron chi connectivity index (χ1n) is 7.43. The summed E-state index contributed by atoms with van der Waals surface area (Å²) in [6.45, 7) is 8.78. The number of hydrogen-bond donors (Lipinski definition) is 2. The van der Waals surface area contributed by atoms with Crippen molar-refractivity contribution in [3.8, 4) is 0 Å². The fourth-order valence-corrected chi connectivity index (χ4v) is 3.02. The van der Waals surface area contributed by atoms with Gasteiger partial charge >= 0.3 is 0 Å². The molecule has 0 unspecified atom stereocenters. The molecule has 1 rings (SSSR count). The van der Waals surface area contributed by atoms with Crippen LogP contribution in [0.5, 0.6) is 0 Å². The van der Waals surface area contributed by atoms with E-state index in [2.05, 4.69) is 32.2 Å². The van der Waals surface area contributed by atoms with E-state index in [1.807, 2.05) is 12.1 Å². The van der Waals surface area contributed by atoms with E-state index in [0.29, 0.717) is 17.5 Å². The van der Waals surface area contributed by atoms with E-state index in [1.165, 1.54) is 0 Å². The second-order valence-electron chi connectivity index (χ2n) is 5.20. The van der Waals surface area contributed by atoms with E-state index < -0.39 is 0 Å². The molecule has 118 valence electrons. The highest BCUT2D eigenvalue weighted by molar-refractivity contribution is 7.99. The van der Waals surface area contributed by atoms with Crippen molar-refractivity contribution in [2.75, 3.05) is 30.8 Å². The zero-order valence-corrected chi connectivity index (χ0v) is 14.8. The van der Waals surface area contributed by atoms with Gasteiger partial charge in [0.1, 0.15) is 4.99 Å². The molecule has 0 aliphatic heterocycles. The third kappa shape index (κ3) is 6.68. The maximum atomic E-state index is 5.88. The van der Waals surface area contributed by atoms with Crippen LogP contribution in [0.4, 0.5) is 5.69 Å². The zero-order valence-electron chi connectivity index (χ0n) is 13.1. The second kappa shape index (κ2) is 10.0. The summed E-state index contributed by atoms with van der Waals surface area (Å²) in [4.78, 5) is 1.57. The Balaban J connectivity index is 2.54. The van der Waals surface area contributed by atoms with E-state index in [9.17, 15) is 0 Å². The van der Waals surface area contributed by atoms with Gasteiger partial charge in [0.2, 0.25) is 0 Å². The smallest absolute Gasteiger partial charge is 0.107 e. The van der Waals surface area contributed by atoms with Gasteiger partial charge in [-0.05, 0) is 30.2 Å². The van der Waals surface area contributed by atoms with Crippen LogP contribution in [0.2, 0.25) is 0 Å². The van der Waals surface area contributed by atoms with Gasteiger partial charge in [-0.15, -0.1) is 11.8 Å². The van der Waals surface area contributed by atoms with Crippen molar-refractivity contribution in [1.29, 1.82) is 0 Å². The molecule has 0 spiro atoms. The Labute approximate surface area is 138 Å². The molecule has 0 aromatic heterocycles. The van der Waals surface area contributed by atoms with Crippen molar-refractivity contribution in [3.05, 3.63) is 23.8 Å².